The van der Waals surface area contributed by atoms with Gasteiger partial charge in [0.25, 0.3) is 0 Å². The lowest BCUT2D eigenvalue weighted by Crippen LogP contribution is -2.17. The molecule has 9 heteroatoms. The lowest BCUT2D eigenvalue weighted by molar-refractivity contribution is -0.274. The van der Waals surface area contributed by atoms with Gasteiger partial charge in [0, 0.05) is 11.8 Å². The van der Waals surface area contributed by atoms with E-state index in [0.29, 0.717) is 28.4 Å². The summed E-state index contributed by atoms with van der Waals surface area (Å²) in [6, 6.07) is 8.92. The molecule has 1 aliphatic carbocycles. The predicted molar refractivity (Wildman–Crippen MR) is 108 cm³/mol. The Morgan fingerprint density at radius 2 is 1.94 bits per heavy atom. The molecule has 2 heterocycles. The standard InChI is InChI=1S/C22H18F3N3O3/c1-12-7-16(28-20-18(21(29)30)9-15(10-27-20)13-5-6-13)11-26-19(12)14-3-2-4-17(8-14)31-22(23,24)25/h2-4,7-11,13H,5-6H2,1H3,(H,27,28)(H,29,30). The van der Waals surface area contributed by atoms with E-state index in [-0.39, 0.29) is 17.1 Å². The van der Waals surface area contributed by atoms with Crippen molar-refractivity contribution in [1.82, 2.24) is 9.97 Å². The third kappa shape index (κ3) is 4.93. The van der Waals surface area contributed by atoms with Crippen LogP contribution in [0.1, 0.15) is 40.2 Å². The molecule has 0 atom stereocenters. The number of rotatable bonds is 6. The normalized spacial score (nSPS) is 13.7. The zero-order valence-corrected chi connectivity index (χ0v) is 16.4. The third-order valence-corrected chi connectivity index (χ3v) is 4.87. The van der Waals surface area contributed by atoms with E-state index in [9.17, 15) is 23.1 Å². The van der Waals surface area contributed by atoms with Crippen molar-refractivity contribution in [2.75, 3.05) is 5.32 Å². The summed E-state index contributed by atoms with van der Waals surface area (Å²) in [5.74, 6) is -0.842. The van der Waals surface area contributed by atoms with Crippen LogP contribution in [0.3, 0.4) is 0 Å². The number of aryl methyl sites for hydroxylation is 1. The van der Waals surface area contributed by atoms with Crippen LogP contribution < -0.4 is 10.1 Å². The first-order chi connectivity index (χ1) is 14.7. The van der Waals surface area contributed by atoms with E-state index >= 15 is 0 Å². The molecule has 4 rings (SSSR count). The molecule has 0 bridgehead atoms. The summed E-state index contributed by atoms with van der Waals surface area (Å²) < 4.78 is 41.4. The maximum atomic E-state index is 12.5. The van der Waals surface area contributed by atoms with Gasteiger partial charge in [-0.1, -0.05) is 12.1 Å². The highest BCUT2D eigenvalue weighted by Crippen LogP contribution is 2.40. The van der Waals surface area contributed by atoms with Gasteiger partial charge in [-0.2, -0.15) is 0 Å². The van der Waals surface area contributed by atoms with Crippen LogP contribution in [-0.4, -0.2) is 27.4 Å². The SMILES string of the molecule is Cc1cc(Nc2ncc(C3CC3)cc2C(=O)O)cnc1-c1cccc(OC(F)(F)F)c1. The number of carboxylic acid groups (broad SMARTS) is 1. The van der Waals surface area contributed by atoms with Gasteiger partial charge < -0.3 is 15.2 Å². The largest absolute Gasteiger partial charge is 0.573 e. The van der Waals surface area contributed by atoms with E-state index in [2.05, 4.69) is 20.0 Å². The van der Waals surface area contributed by atoms with E-state index in [4.69, 9.17) is 0 Å². The molecule has 0 aliphatic heterocycles. The number of pyridine rings is 2. The van der Waals surface area contributed by atoms with Crippen molar-refractivity contribution in [3.8, 4) is 17.0 Å². The van der Waals surface area contributed by atoms with Crippen molar-refractivity contribution in [3.63, 3.8) is 0 Å². The molecule has 1 aliphatic rings. The van der Waals surface area contributed by atoms with Crippen molar-refractivity contribution >= 4 is 17.5 Å². The average molecular weight is 429 g/mol. The number of nitrogens with zero attached hydrogens (tertiary/aromatic N) is 2. The maximum Gasteiger partial charge on any atom is 0.573 e. The van der Waals surface area contributed by atoms with E-state index in [1.54, 1.807) is 31.3 Å². The molecule has 0 unspecified atom stereocenters. The molecule has 160 valence electrons. The molecule has 6 nitrogen and oxygen atoms in total. The molecule has 0 amide bonds. The molecule has 0 spiro atoms. The topological polar surface area (TPSA) is 84.3 Å². The number of hydrogen-bond acceptors (Lipinski definition) is 5. The Hall–Kier alpha value is -3.62. The van der Waals surface area contributed by atoms with Crippen LogP contribution in [0.15, 0.2) is 48.8 Å². The smallest absolute Gasteiger partial charge is 0.478 e. The Morgan fingerprint density at radius 3 is 2.58 bits per heavy atom. The first kappa shape index (κ1) is 20.6. The van der Waals surface area contributed by atoms with Crippen LogP contribution in [0.2, 0.25) is 0 Å². The molecule has 3 aromatic rings. The molecule has 1 saturated carbocycles. The van der Waals surface area contributed by atoms with Gasteiger partial charge >= 0.3 is 12.3 Å². The fraction of sp³-hybridized carbons (Fsp3) is 0.227. The summed E-state index contributed by atoms with van der Waals surface area (Å²) in [5.41, 5.74) is 3.12. The summed E-state index contributed by atoms with van der Waals surface area (Å²) in [4.78, 5) is 20.3. The minimum atomic E-state index is -4.78. The highest BCUT2D eigenvalue weighted by Gasteiger charge is 2.31. The van der Waals surface area contributed by atoms with Crippen molar-refractivity contribution in [3.05, 3.63) is 65.5 Å². The number of halogens is 3. The number of anilines is 2. The van der Waals surface area contributed by atoms with Crippen molar-refractivity contribution in [2.24, 2.45) is 0 Å². The monoisotopic (exact) mass is 429 g/mol. The second-order valence-corrected chi connectivity index (χ2v) is 7.33. The van der Waals surface area contributed by atoms with Crippen LogP contribution in [0.4, 0.5) is 24.7 Å². The minimum Gasteiger partial charge on any atom is -0.478 e. The van der Waals surface area contributed by atoms with Crippen LogP contribution in [0.5, 0.6) is 5.75 Å². The van der Waals surface area contributed by atoms with Crippen LogP contribution in [0, 0.1) is 6.92 Å². The fourth-order valence-electron chi connectivity index (χ4n) is 3.31. The third-order valence-electron chi connectivity index (χ3n) is 4.87. The Kier molecular flexibility index (Phi) is 5.26. The van der Waals surface area contributed by atoms with E-state index in [1.807, 2.05) is 0 Å². The molecule has 0 saturated heterocycles. The summed E-state index contributed by atoms with van der Waals surface area (Å²) in [6.45, 7) is 1.76. The summed E-state index contributed by atoms with van der Waals surface area (Å²) in [6.07, 6.45) is 0.439. The zero-order chi connectivity index (χ0) is 22.2. The molecule has 31 heavy (non-hydrogen) atoms. The van der Waals surface area contributed by atoms with E-state index < -0.39 is 12.3 Å². The van der Waals surface area contributed by atoms with E-state index in [1.165, 1.54) is 24.4 Å². The molecule has 1 aromatic carbocycles. The Balaban J connectivity index is 1.59. The van der Waals surface area contributed by atoms with Gasteiger partial charge in [0.1, 0.15) is 17.1 Å². The molecule has 1 fully saturated rings. The van der Waals surface area contributed by atoms with Gasteiger partial charge in [-0.25, -0.2) is 9.78 Å². The van der Waals surface area contributed by atoms with Gasteiger partial charge in [0.15, 0.2) is 0 Å². The van der Waals surface area contributed by atoms with Gasteiger partial charge in [-0.3, -0.25) is 4.98 Å². The van der Waals surface area contributed by atoms with Gasteiger partial charge in [-0.05, 0) is 61.1 Å². The number of aromatic carboxylic acids is 1. The summed E-state index contributed by atoms with van der Waals surface area (Å²) in [7, 11) is 0. The van der Waals surface area contributed by atoms with Crippen molar-refractivity contribution < 1.29 is 27.8 Å². The quantitative estimate of drug-likeness (QED) is 0.525. The molecular formula is C22H18F3N3O3. The number of benzene rings is 1. The second kappa shape index (κ2) is 7.90. The maximum absolute atomic E-state index is 12.5. The number of aromatic nitrogens is 2. The van der Waals surface area contributed by atoms with Crippen LogP contribution in [-0.2, 0) is 0 Å². The Morgan fingerprint density at radius 1 is 1.16 bits per heavy atom. The van der Waals surface area contributed by atoms with Crippen molar-refractivity contribution in [1.29, 1.82) is 0 Å². The average Bonchev–Trinajstić information content (AvgIpc) is 3.52. The van der Waals surface area contributed by atoms with Crippen molar-refractivity contribution in [2.45, 2.75) is 32.0 Å². The lowest BCUT2D eigenvalue weighted by atomic mass is 10.1. The lowest BCUT2D eigenvalue weighted by Gasteiger charge is -2.13. The van der Waals surface area contributed by atoms with E-state index in [0.717, 1.165) is 18.4 Å². The fourth-order valence-corrected chi connectivity index (χ4v) is 3.31. The number of ether oxygens (including phenoxy) is 1. The molecule has 2 N–H and O–H groups in total. The molecule has 0 radical (unpaired) electrons. The Bertz CT molecular complexity index is 1140. The summed E-state index contributed by atoms with van der Waals surface area (Å²) in [5, 5.41) is 12.5. The van der Waals surface area contributed by atoms with Crippen LogP contribution in [0.25, 0.3) is 11.3 Å². The first-order valence-electron chi connectivity index (χ1n) is 9.53. The number of carbonyl (C=O) groups is 1. The zero-order valence-electron chi connectivity index (χ0n) is 16.4. The molecule has 2 aromatic heterocycles. The second-order valence-electron chi connectivity index (χ2n) is 7.33. The number of nitrogens with one attached hydrogen (secondary N) is 1. The number of alkyl halides is 3. The number of carboxylic acids is 1. The Labute approximate surface area is 175 Å². The first-order valence-corrected chi connectivity index (χ1v) is 9.53. The number of hydrogen-bond donors (Lipinski definition) is 2. The van der Waals surface area contributed by atoms with Crippen LogP contribution >= 0.6 is 0 Å². The minimum absolute atomic E-state index is 0.0723. The van der Waals surface area contributed by atoms with Gasteiger partial charge in [0.2, 0.25) is 0 Å². The highest BCUT2D eigenvalue weighted by molar-refractivity contribution is 5.94. The molecular weight excluding hydrogens is 411 g/mol. The highest BCUT2D eigenvalue weighted by atomic mass is 19.4. The summed E-state index contributed by atoms with van der Waals surface area (Å²) >= 11 is 0. The van der Waals surface area contributed by atoms with Gasteiger partial charge in [-0.15, -0.1) is 13.2 Å². The predicted octanol–water partition coefficient (Wildman–Crippen LogP) is 5.67. The van der Waals surface area contributed by atoms with Gasteiger partial charge in [0.05, 0.1) is 17.6 Å².